The summed E-state index contributed by atoms with van der Waals surface area (Å²) in [5.74, 6) is -1.48. The van der Waals surface area contributed by atoms with E-state index >= 15 is 0 Å². The number of ketones is 1. The van der Waals surface area contributed by atoms with Gasteiger partial charge in [0, 0.05) is 37.1 Å². The Morgan fingerprint density at radius 1 is 0.900 bits per heavy atom. The molecule has 70 heavy (non-hydrogen) atoms. The minimum atomic E-state index is -5.60. The van der Waals surface area contributed by atoms with E-state index in [4.69, 9.17) is 19.5 Å². The number of nitrogen functional groups attached to an aromatic ring is 1. The number of thioether (sulfide) groups is 1. The number of aliphatic hydroxyl groups is 2. The molecule has 3 heterocycles. The maximum atomic E-state index is 12.7. The number of aromatic nitrogens is 4. The van der Waals surface area contributed by atoms with Crippen molar-refractivity contribution >= 4 is 74.9 Å². The Kier molecular flexibility index (Phi) is 25.6. The Labute approximate surface area is 409 Å². The minimum Gasteiger partial charge on any atom is -0.386 e. The van der Waals surface area contributed by atoms with E-state index in [-0.39, 0.29) is 59.6 Å². The van der Waals surface area contributed by atoms with Gasteiger partial charge in [0.15, 0.2) is 22.8 Å². The first-order valence-corrected chi connectivity index (χ1v) is 27.6. The van der Waals surface area contributed by atoms with Crippen molar-refractivity contribution in [2.45, 2.75) is 116 Å². The van der Waals surface area contributed by atoms with Crippen molar-refractivity contribution in [3.8, 4) is 0 Å². The number of hydrogen-bond acceptors (Lipinski definition) is 19. The Morgan fingerprint density at radius 2 is 1.54 bits per heavy atom. The summed E-state index contributed by atoms with van der Waals surface area (Å²) in [5, 5.41) is 26.2. The molecule has 29 heteroatoms. The van der Waals surface area contributed by atoms with E-state index in [1.54, 1.807) is 0 Å². The Morgan fingerprint density at radius 3 is 2.20 bits per heavy atom. The molecule has 2 aromatic rings. The van der Waals surface area contributed by atoms with Crippen molar-refractivity contribution in [2.75, 3.05) is 37.8 Å². The van der Waals surface area contributed by atoms with Crippen LogP contribution in [0.4, 0.5) is 5.82 Å². The fraction of sp³-hybridized carbons (Fsp3) is 0.585. The number of ether oxygens (including phenoxy) is 1. The number of anilines is 1. The van der Waals surface area contributed by atoms with Crippen molar-refractivity contribution in [3.63, 3.8) is 0 Å². The minimum absolute atomic E-state index is 0.0235. The predicted octanol–water partition coefficient (Wildman–Crippen LogP) is 3.99. The molecular weight excluding hydrogens is 1000 g/mol. The standard InChI is InChI=1S/C41H64N7O18P3S/c1-4-5-6-7-8-9-10-11-12-13-14-15-16-17-18-19-29(49)24-32(51)70-23-22-43-31(50)20-21-44-39(54)36(53)41(2,3)26-63-69(60,61)66-68(58,59)62-25-30-35(65-67(55,56)57)34(52)40(64-30)48-28-47-33-37(42)45-27-46-38(33)48/h5-6,8-9,11-12,14-15,27-28,30,34-36,40,52-53H,4,7,10,13,16-26H2,1-3H3,(H,43,50)(H,44,54)(H,58,59)(H,60,61)(H2,42,45,46)(H2,55,56,57)/b6-5-,9-8-,12-11-,15-14-/t30-,34-,35-,36+,40-/m1/s1. The third-order valence-corrected chi connectivity index (χ3v) is 13.9. The lowest BCUT2D eigenvalue weighted by Crippen LogP contribution is -2.46. The van der Waals surface area contributed by atoms with Crippen LogP contribution in [0.15, 0.2) is 61.3 Å². The normalized spacial score (nSPS) is 20.1. The quantitative estimate of drug-likeness (QED) is 0.0211. The summed E-state index contributed by atoms with van der Waals surface area (Å²) in [7, 11) is -16.5. The van der Waals surface area contributed by atoms with Gasteiger partial charge in [-0.3, -0.25) is 37.3 Å². The highest BCUT2D eigenvalue weighted by molar-refractivity contribution is 8.13. The molecule has 2 unspecified atom stereocenters. The van der Waals surface area contributed by atoms with Crippen LogP contribution < -0.4 is 16.4 Å². The van der Waals surface area contributed by atoms with Crippen LogP contribution in [0.25, 0.3) is 11.2 Å². The Hall–Kier alpha value is -3.81. The monoisotopic (exact) mass is 1070 g/mol. The van der Waals surface area contributed by atoms with Gasteiger partial charge in [0.2, 0.25) is 11.8 Å². The molecular formula is C41H64N7O18P3S. The number of hydrogen-bond donors (Lipinski definition) is 9. The summed E-state index contributed by atoms with van der Waals surface area (Å²) in [4.78, 5) is 101. The van der Waals surface area contributed by atoms with E-state index < -0.39 is 84.6 Å². The third-order valence-electron chi connectivity index (χ3n) is 9.90. The van der Waals surface area contributed by atoms with Gasteiger partial charge in [-0.05, 0) is 44.9 Å². The second-order valence-corrected chi connectivity index (χ2v) is 21.6. The highest BCUT2D eigenvalue weighted by atomic mass is 32.2. The van der Waals surface area contributed by atoms with Gasteiger partial charge in [-0.15, -0.1) is 0 Å². The average Bonchev–Trinajstić information content (AvgIpc) is 3.84. The first-order valence-electron chi connectivity index (χ1n) is 22.1. The van der Waals surface area contributed by atoms with Gasteiger partial charge in [0.1, 0.15) is 42.0 Å². The van der Waals surface area contributed by atoms with Crippen molar-refractivity contribution in [1.82, 2.24) is 30.2 Å². The molecule has 0 radical (unpaired) electrons. The van der Waals surface area contributed by atoms with Gasteiger partial charge in [-0.1, -0.05) is 81.1 Å². The van der Waals surface area contributed by atoms with Gasteiger partial charge >= 0.3 is 23.5 Å². The van der Waals surface area contributed by atoms with E-state index in [2.05, 4.69) is 90.0 Å². The van der Waals surface area contributed by atoms with E-state index in [9.17, 15) is 62.7 Å². The van der Waals surface area contributed by atoms with E-state index in [0.717, 1.165) is 67.5 Å². The van der Waals surface area contributed by atoms with E-state index in [1.807, 2.05) is 0 Å². The molecule has 0 spiro atoms. The summed E-state index contributed by atoms with van der Waals surface area (Å²) in [5.41, 5.74) is 4.23. The largest absolute Gasteiger partial charge is 0.481 e. The number of phosphoric acid groups is 3. The maximum absolute atomic E-state index is 12.7. The van der Waals surface area contributed by atoms with Crippen LogP contribution in [0.2, 0.25) is 0 Å². The first-order chi connectivity index (χ1) is 32.9. The first kappa shape index (κ1) is 60.5. The second kappa shape index (κ2) is 29.6. The van der Waals surface area contributed by atoms with Crippen LogP contribution in [-0.4, -0.2) is 128 Å². The van der Waals surface area contributed by atoms with Crippen LogP contribution in [0, 0.1) is 5.41 Å². The molecule has 25 nitrogen and oxygen atoms in total. The summed E-state index contributed by atoms with van der Waals surface area (Å²) in [6.45, 7) is 2.40. The zero-order valence-corrected chi connectivity index (χ0v) is 42.5. The number of Topliss-reactive ketones (excluding diaryl/α,β-unsaturated/α-hetero) is 1. The van der Waals surface area contributed by atoms with Gasteiger partial charge in [-0.2, -0.15) is 4.31 Å². The van der Waals surface area contributed by atoms with E-state index in [1.165, 1.54) is 13.8 Å². The molecule has 1 aliphatic rings. The molecule has 0 aromatic carbocycles. The lowest BCUT2D eigenvalue weighted by Gasteiger charge is -2.30. The molecule has 1 fully saturated rings. The highest BCUT2D eigenvalue weighted by Gasteiger charge is 2.50. The molecule has 2 aromatic heterocycles. The predicted molar refractivity (Wildman–Crippen MR) is 256 cm³/mol. The molecule has 392 valence electrons. The van der Waals surface area contributed by atoms with Crippen molar-refractivity contribution in [3.05, 3.63) is 61.3 Å². The Bertz CT molecular complexity index is 2310. The number of amides is 2. The SMILES string of the molecule is CC/C=C\C/C=C\C/C=C\C/C=C\CCCCC(=O)CC(=O)SCCNC(=O)CCNC(=O)[C@H](O)C(C)(C)COP(=O)(O)OP(=O)(O)OC[C@H]1O[C@@H](n2cnc3c(N)ncnc32)[C@H](O)[C@@H]1OP(=O)(O)O. The number of unbranched alkanes of at least 4 members (excludes halogenated alkanes) is 2. The fourth-order valence-corrected chi connectivity index (χ4v) is 9.80. The lowest BCUT2D eigenvalue weighted by molar-refractivity contribution is -0.137. The van der Waals surface area contributed by atoms with Crippen LogP contribution in [-0.2, 0) is 55.5 Å². The summed E-state index contributed by atoms with van der Waals surface area (Å²) in [6, 6.07) is 0. The van der Waals surface area contributed by atoms with Crippen LogP contribution in [0.1, 0.15) is 91.2 Å². The molecule has 7 atom stereocenters. The van der Waals surface area contributed by atoms with Gasteiger partial charge < -0.3 is 50.9 Å². The van der Waals surface area contributed by atoms with E-state index in [0.29, 0.717) is 12.8 Å². The molecule has 1 saturated heterocycles. The van der Waals surface area contributed by atoms with Crippen LogP contribution >= 0.6 is 35.2 Å². The molecule has 0 bridgehead atoms. The number of nitrogens with two attached hydrogens (primary N) is 1. The highest BCUT2D eigenvalue weighted by Crippen LogP contribution is 2.61. The smallest absolute Gasteiger partial charge is 0.386 e. The van der Waals surface area contributed by atoms with Crippen molar-refractivity contribution in [1.29, 1.82) is 0 Å². The maximum Gasteiger partial charge on any atom is 0.481 e. The molecule has 0 aliphatic carbocycles. The van der Waals surface area contributed by atoms with Gasteiger partial charge in [0.05, 0.1) is 26.0 Å². The number of nitrogens with zero attached hydrogens (tertiary/aromatic N) is 4. The van der Waals surface area contributed by atoms with Crippen LogP contribution in [0.5, 0.6) is 0 Å². The number of fused-ring (bicyclic) bond motifs is 1. The summed E-state index contributed by atoms with van der Waals surface area (Å²) < 4.78 is 62.4. The van der Waals surface area contributed by atoms with Gasteiger partial charge in [0.25, 0.3) is 0 Å². The fourth-order valence-electron chi connectivity index (χ4n) is 6.28. The molecule has 1 aliphatic heterocycles. The topological polar surface area (TPSA) is 381 Å². The average molecular weight is 1070 g/mol. The second-order valence-electron chi connectivity index (χ2n) is 16.3. The van der Waals surface area contributed by atoms with Crippen molar-refractivity contribution < 1.29 is 85.3 Å². The number of nitrogens with one attached hydrogen (secondary N) is 2. The van der Waals surface area contributed by atoms with Crippen molar-refractivity contribution in [2.24, 2.45) is 5.41 Å². The molecule has 10 N–H and O–H groups in total. The number of imidazole rings is 1. The number of carbonyl (C=O) groups excluding carboxylic acids is 4. The summed E-state index contributed by atoms with van der Waals surface area (Å²) in [6.07, 6.45) is 16.1. The summed E-state index contributed by atoms with van der Waals surface area (Å²) >= 11 is 0.917. The molecule has 3 rings (SSSR count). The van der Waals surface area contributed by atoms with Crippen LogP contribution in [0.3, 0.4) is 0 Å². The molecule has 2 amide bonds. The lowest BCUT2D eigenvalue weighted by atomic mass is 9.87. The number of rotatable bonds is 33. The zero-order chi connectivity index (χ0) is 52.0. The number of aliphatic hydroxyl groups excluding tert-OH is 2. The third kappa shape index (κ3) is 22.3. The Balaban J connectivity index is 1.31. The number of allylic oxidation sites excluding steroid dienone is 8. The zero-order valence-electron chi connectivity index (χ0n) is 39.0. The number of phosphoric ester groups is 3. The van der Waals surface area contributed by atoms with Gasteiger partial charge in [-0.25, -0.2) is 28.6 Å². The molecule has 0 saturated carbocycles. The number of carbonyl (C=O) groups is 4.